The van der Waals surface area contributed by atoms with Gasteiger partial charge in [-0.3, -0.25) is 9.78 Å². The maximum absolute atomic E-state index is 12.9. The number of carbonyl (C=O) groups is 1. The Bertz CT molecular complexity index is 772. The molecule has 1 aromatic heterocycles. The predicted octanol–water partition coefficient (Wildman–Crippen LogP) is 3.16. The lowest BCUT2D eigenvalue weighted by atomic mass is 10.1. The van der Waals surface area contributed by atoms with Gasteiger partial charge in [0.1, 0.15) is 5.75 Å². The molecule has 0 spiro atoms. The lowest BCUT2D eigenvalue weighted by Gasteiger charge is -2.25. The van der Waals surface area contributed by atoms with Crippen molar-refractivity contribution in [1.29, 1.82) is 0 Å². The molecule has 1 unspecified atom stereocenters. The molecule has 27 heavy (non-hydrogen) atoms. The minimum absolute atomic E-state index is 0.0187. The van der Waals surface area contributed by atoms with Crippen molar-refractivity contribution in [3.63, 3.8) is 0 Å². The Morgan fingerprint density at radius 1 is 1.22 bits per heavy atom. The van der Waals surface area contributed by atoms with Crippen LogP contribution in [0.2, 0.25) is 0 Å². The lowest BCUT2D eigenvalue weighted by molar-refractivity contribution is -0.135. The minimum Gasteiger partial charge on any atom is -0.484 e. The van der Waals surface area contributed by atoms with Crippen LogP contribution >= 0.6 is 0 Å². The van der Waals surface area contributed by atoms with E-state index in [0.717, 1.165) is 43.6 Å². The molecule has 0 radical (unpaired) electrons. The van der Waals surface area contributed by atoms with Gasteiger partial charge in [0.25, 0.3) is 5.91 Å². The van der Waals surface area contributed by atoms with Crippen molar-refractivity contribution in [2.75, 3.05) is 19.8 Å². The van der Waals surface area contributed by atoms with Gasteiger partial charge in [-0.2, -0.15) is 0 Å². The standard InChI is InChI=1S/C22H26N2O3/c25-22(16-27-20-9-8-18-5-1-6-19(18)12-20)24(15-21-7-3-11-26-21)14-17-4-2-10-23-13-17/h2,4,8-10,12-13,21H,1,3,5-7,11,14-16H2. The molecule has 2 aromatic rings. The molecule has 1 aliphatic carbocycles. The summed E-state index contributed by atoms with van der Waals surface area (Å²) in [5.41, 5.74) is 3.78. The number of ether oxygens (including phenoxy) is 2. The molecule has 1 aromatic carbocycles. The van der Waals surface area contributed by atoms with E-state index in [4.69, 9.17) is 9.47 Å². The molecular weight excluding hydrogens is 340 g/mol. The van der Waals surface area contributed by atoms with E-state index in [1.165, 1.54) is 17.5 Å². The van der Waals surface area contributed by atoms with Crippen LogP contribution in [0.5, 0.6) is 5.75 Å². The maximum atomic E-state index is 12.9. The first-order chi connectivity index (χ1) is 13.3. The van der Waals surface area contributed by atoms with E-state index in [-0.39, 0.29) is 18.6 Å². The first kappa shape index (κ1) is 18.0. The van der Waals surface area contributed by atoms with Crippen molar-refractivity contribution in [2.24, 2.45) is 0 Å². The van der Waals surface area contributed by atoms with Gasteiger partial charge in [-0.05, 0) is 67.0 Å². The molecule has 1 fully saturated rings. The topological polar surface area (TPSA) is 51.7 Å². The van der Waals surface area contributed by atoms with Gasteiger partial charge in [0.2, 0.25) is 0 Å². The number of aryl methyl sites for hydroxylation is 2. The molecule has 5 heteroatoms. The third-order valence-electron chi connectivity index (χ3n) is 5.33. The molecule has 0 saturated carbocycles. The SMILES string of the molecule is O=C(COc1ccc2c(c1)CCC2)N(Cc1cccnc1)CC1CCCO1. The van der Waals surface area contributed by atoms with Crippen molar-refractivity contribution >= 4 is 5.91 Å². The number of pyridine rings is 1. The summed E-state index contributed by atoms with van der Waals surface area (Å²) < 4.78 is 11.6. The second-order valence-electron chi connectivity index (χ2n) is 7.34. The summed E-state index contributed by atoms with van der Waals surface area (Å²) in [6.45, 7) is 1.96. The summed E-state index contributed by atoms with van der Waals surface area (Å²) in [5, 5.41) is 0. The normalized spacial score (nSPS) is 18.3. The van der Waals surface area contributed by atoms with Gasteiger partial charge in [-0.15, -0.1) is 0 Å². The number of aromatic nitrogens is 1. The van der Waals surface area contributed by atoms with Crippen LogP contribution in [0.15, 0.2) is 42.7 Å². The van der Waals surface area contributed by atoms with E-state index in [1.54, 1.807) is 12.4 Å². The molecule has 1 amide bonds. The van der Waals surface area contributed by atoms with Crippen molar-refractivity contribution in [3.8, 4) is 5.75 Å². The zero-order chi connectivity index (χ0) is 18.5. The molecule has 1 atom stereocenters. The number of nitrogens with zero attached hydrogens (tertiary/aromatic N) is 2. The van der Waals surface area contributed by atoms with Crippen molar-refractivity contribution in [3.05, 3.63) is 59.4 Å². The van der Waals surface area contributed by atoms with Crippen LogP contribution in [0.25, 0.3) is 0 Å². The predicted molar refractivity (Wildman–Crippen MR) is 103 cm³/mol. The zero-order valence-electron chi connectivity index (χ0n) is 15.6. The Labute approximate surface area is 160 Å². The number of benzene rings is 1. The number of hydrogen-bond acceptors (Lipinski definition) is 4. The Balaban J connectivity index is 1.39. The number of rotatable bonds is 7. The van der Waals surface area contributed by atoms with Crippen LogP contribution in [0.4, 0.5) is 0 Å². The quantitative estimate of drug-likeness (QED) is 0.755. The molecular formula is C22H26N2O3. The fourth-order valence-corrected chi connectivity index (χ4v) is 3.88. The van der Waals surface area contributed by atoms with Crippen molar-refractivity contribution < 1.29 is 14.3 Å². The second-order valence-corrected chi connectivity index (χ2v) is 7.34. The fourth-order valence-electron chi connectivity index (χ4n) is 3.88. The summed E-state index contributed by atoms with van der Waals surface area (Å²) in [6.07, 6.45) is 9.18. The number of amides is 1. The first-order valence-corrected chi connectivity index (χ1v) is 9.81. The smallest absolute Gasteiger partial charge is 0.260 e. The fraction of sp³-hybridized carbons (Fsp3) is 0.455. The van der Waals surface area contributed by atoms with Gasteiger partial charge in [0.15, 0.2) is 6.61 Å². The molecule has 0 N–H and O–H groups in total. The maximum Gasteiger partial charge on any atom is 0.260 e. The molecule has 1 saturated heterocycles. The summed E-state index contributed by atoms with van der Waals surface area (Å²) >= 11 is 0. The highest BCUT2D eigenvalue weighted by molar-refractivity contribution is 5.77. The van der Waals surface area contributed by atoms with Crippen LogP contribution in [0, 0.1) is 0 Å². The van der Waals surface area contributed by atoms with Crippen LogP contribution in [0.1, 0.15) is 36.0 Å². The Morgan fingerprint density at radius 3 is 2.96 bits per heavy atom. The summed E-state index contributed by atoms with van der Waals surface area (Å²) in [5.74, 6) is 0.761. The summed E-state index contributed by atoms with van der Waals surface area (Å²) in [4.78, 5) is 18.9. The lowest BCUT2D eigenvalue weighted by Crippen LogP contribution is -2.39. The number of hydrogen-bond donors (Lipinski definition) is 0. The van der Waals surface area contributed by atoms with Crippen LogP contribution in [0.3, 0.4) is 0 Å². The van der Waals surface area contributed by atoms with Gasteiger partial charge >= 0.3 is 0 Å². The number of carbonyl (C=O) groups excluding carboxylic acids is 1. The minimum atomic E-state index is -0.0187. The molecule has 5 nitrogen and oxygen atoms in total. The van der Waals surface area contributed by atoms with Gasteiger partial charge < -0.3 is 14.4 Å². The van der Waals surface area contributed by atoms with Gasteiger partial charge in [-0.1, -0.05) is 12.1 Å². The highest BCUT2D eigenvalue weighted by atomic mass is 16.5. The van der Waals surface area contributed by atoms with Crippen molar-refractivity contribution in [1.82, 2.24) is 9.88 Å². The molecule has 2 aliphatic rings. The Morgan fingerprint density at radius 2 is 2.15 bits per heavy atom. The third kappa shape index (κ3) is 4.66. The summed E-state index contributed by atoms with van der Waals surface area (Å²) in [6, 6.07) is 10.1. The Hall–Kier alpha value is -2.40. The van der Waals surface area contributed by atoms with E-state index >= 15 is 0 Å². The van der Waals surface area contributed by atoms with Crippen LogP contribution < -0.4 is 4.74 Å². The highest BCUT2D eigenvalue weighted by Crippen LogP contribution is 2.26. The van der Waals surface area contributed by atoms with E-state index in [1.807, 2.05) is 23.1 Å². The number of fused-ring (bicyclic) bond motifs is 1. The van der Waals surface area contributed by atoms with E-state index < -0.39 is 0 Å². The molecule has 1 aliphatic heterocycles. The van der Waals surface area contributed by atoms with Gasteiger partial charge in [0.05, 0.1) is 6.10 Å². The first-order valence-electron chi connectivity index (χ1n) is 9.81. The van der Waals surface area contributed by atoms with E-state index in [0.29, 0.717) is 13.1 Å². The van der Waals surface area contributed by atoms with Gasteiger partial charge in [-0.25, -0.2) is 0 Å². The zero-order valence-corrected chi connectivity index (χ0v) is 15.6. The van der Waals surface area contributed by atoms with Crippen molar-refractivity contribution in [2.45, 2.75) is 44.8 Å². The molecule has 2 heterocycles. The van der Waals surface area contributed by atoms with Gasteiger partial charge in [0, 0.05) is 32.1 Å². The van der Waals surface area contributed by atoms with Crippen LogP contribution in [-0.2, 0) is 28.9 Å². The average molecular weight is 366 g/mol. The molecule has 4 rings (SSSR count). The highest BCUT2D eigenvalue weighted by Gasteiger charge is 2.23. The molecule has 0 bridgehead atoms. The second kappa shape index (κ2) is 8.53. The monoisotopic (exact) mass is 366 g/mol. The third-order valence-corrected chi connectivity index (χ3v) is 5.33. The summed E-state index contributed by atoms with van der Waals surface area (Å²) in [7, 11) is 0. The van der Waals surface area contributed by atoms with E-state index in [2.05, 4.69) is 17.1 Å². The van der Waals surface area contributed by atoms with E-state index in [9.17, 15) is 4.79 Å². The Kier molecular flexibility index (Phi) is 5.68. The molecule has 142 valence electrons. The van der Waals surface area contributed by atoms with Crippen LogP contribution in [-0.4, -0.2) is 41.7 Å². The largest absolute Gasteiger partial charge is 0.484 e. The average Bonchev–Trinajstić information content (AvgIpc) is 3.37.